The van der Waals surface area contributed by atoms with Crippen LogP contribution in [0.3, 0.4) is 0 Å². The van der Waals surface area contributed by atoms with Crippen LogP contribution in [0.4, 0.5) is 0 Å². The molecular formula is C18H16O2. The second-order valence-electron chi connectivity index (χ2n) is 4.61. The Hall–Kier alpha value is -2.53. The number of carbonyl (C=O) groups is 1. The van der Waals surface area contributed by atoms with Crippen LogP contribution >= 0.6 is 0 Å². The van der Waals surface area contributed by atoms with Crippen molar-refractivity contribution in [2.45, 2.75) is 19.3 Å². The molecule has 0 saturated carbocycles. The highest BCUT2D eigenvalue weighted by Crippen LogP contribution is 2.28. The number of hydrogen-bond donors (Lipinski definition) is 1. The summed E-state index contributed by atoms with van der Waals surface area (Å²) in [7, 11) is 0. The molecule has 0 aliphatic rings. The Morgan fingerprint density at radius 2 is 1.90 bits per heavy atom. The van der Waals surface area contributed by atoms with E-state index in [0.717, 1.165) is 11.1 Å². The minimum Gasteiger partial charge on any atom is -0.481 e. The minimum absolute atomic E-state index is 0.523. The monoisotopic (exact) mass is 264 g/mol. The van der Waals surface area contributed by atoms with Crippen LogP contribution in [0.1, 0.15) is 30.4 Å². The zero-order chi connectivity index (χ0) is 14.5. The summed E-state index contributed by atoms with van der Waals surface area (Å²) < 4.78 is 0. The first kappa shape index (κ1) is 13.9. The first-order valence-electron chi connectivity index (χ1n) is 6.56. The summed E-state index contributed by atoms with van der Waals surface area (Å²) in [6.45, 7) is 1.85. The highest BCUT2D eigenvalue weighted by Gasteiger charge is 2.20. The molecule has 0 aliphatic heterocycles. The van der Waals surface area contributed by atoms with Gasteiger partial charge in [0, 0.05) is 5.56 Å². The summed E-state index contributed by atoms with van der Waals surface area (Å²) in [4.78, 5) is 11.3. The smallest absolute Gasteiger partial charge is 0.311 e. The number of rotatable bonds is 4. The Kier molecular flexibility index (Phi) is 4.22. The van der Waals surface area contributed by atoms with Gasteiger partial charge in [-0.2, -0.15) is 0 Å². The number of terminal acetylenes is 1. The third-order valence-electron chi connectivity index (χ3n) is 3.40. The van der Waals surface area contributed by atoms with Crippen LogP contribution in [0.2, 0.25) is 0 Å². The molecule has 0 spiro atoms. The van der Waals surface area contributed by atoms with Crippen LogP contribution in [0.15, 0.2) is 48.5 Å². The fourth-order valence-corrected chi connectivity index (χ4v) is 2.32. The standard InChI is InChI=1S/C18H16O2/c1-3-13-12-15(14-8-6-5-7-9-14)10-11-17(13)16(4-2)18(19)20/h1,5-12,16H,4H2,2H3,(H,19,20). The molecule has 2 aromatic rings. The summed E-state index contributed by atoms with van der Waals surface area (Å²) >= 11 is 0. The molecule has 0 aromatic heterocycles. The molecule has 2 nitrogen and oxygen atoms in total. The Morgan fingerprint density at radius 1 is 1.20 bits per heavy atom. The predicted molar refractivity (Wildman–Crippen MR) is 80.5 cm³/mol. The summed E-state index contributed by atoms with van der Waals surface area (Å²) in [5, 5.41) is 9.26. The number of aliphatic carboxylic acids is 1. The molecule has 100 valence electrons. The molecule has 2 heteroatoms. The van der Waals surface area contributed by atoms with Gasteiger partial charge in [-0.15, -0.1) is 6.42 Å². The normalized spacial score (nSPS) is 11.6. The molecule has 0 amide bonds. The Bertz CT molecular complexity index is 651. The first-order chi connectivity index (χ1) is 9.67. The lowest BCUT2D eigenvalue weighted by atomic mass is 9.90. The van der Waals surface area contributed by atoms with Crippen molar-refractivity contribution in [1.29, 1.82) is 0 Å². The van der Waals surface area contributed by atoms with E-state index in [1.165, 1.54) is 0 Å². The summed E-state index contributed by atoms with van der Waals surface area (Å²) in [6, 6.07) is 15.5. The molecule has 1 atom stereocenters. The second kappa shape index (κ2) is 6.08. The molecule has 0 aliphatic carbocycles. The minimum atomic E-state index is -0.837. The van der Waals surface area contributed by atoms with Crippen molar-refractivity contribution in [3.05, 3.63) is 59.7 Å². The van der Waals surface area contributed by atoms with Crippen molar-refractivity contribution >= 4 is 5.97 Å². The van der Waals surface area contributed by atoms with E-state index in [4.69, 9.17) is 6.42 Å². The van der Waals surface area contributed by atoms with Gasteiger partial charge in [-0.3, -0.25) is 4.79 Å². The van der Waals surface area contributed by atoms with Crippen LogP contribution in [-0.2, 0) is 4.79 Å². The zero-order valence-corrected chi connectivity index (χ0v) is 11.3. The van der Waals surface area contributed by atoms with E-state index >= 15 is 0 Å². The lowest BCUT2D eigenvalue weighted by Gasteiger charge is -2.14. The molecule has 0 saturated heterocycles. The molecule has 2 aromatic carbocycles. The van der Waals surface area contributed by atoms with Crippen LogP contribution in [0.5, 0.6) is 0 Å². The highest BCUT2D eigenvalue weighted by atomic mass is 16.4. The van der Waals surface area contributed by atoms with Crippen molar-refractivity contribution in [3.63, 3.8) is 0 Å². The van der Waals surface area contributed by atoms with Crippen molar-refractivity contribution < 1.29 is 9.90 Å². The van der Waals surface area contributed by atoms with Gasteiger partial charge >= 0.3 is 5.97 Å². The van der Waals surface area contributed by atoms with Crippen LogP contribution in [0.25, 0.3) is 11.1 Å². The fourth-order valence-electron chi connectivity index (χ4n) is 2.32. The SMILES string of the molecule is C#Cc1cc(-c2ccccc2)ccc1C(CC)C(=O)O. The van der Waals surface area contributed by atoms with E-state index in [-0.39, 0.29) is 0 Å². The fraction of sp³-hybridized carbons (Fsp3) is 0.167. The topological polar surface area (TPSA) is 37.3 Å². The van der Waals surface area contributed by atoms with Gasteiger partial charge in [-0.25, -0.2) is 0 Å². The highest BCUT2D eigenvalue weighted by molar-refractivity contribution is 5.78. The Morgan fingerprint density at radius 3 is 2.45 bits per heavy atom. The van der Waals surface area contributed by atoms with Gasteiger partial charge in [0.05, 0.1) is 5.92 Å². The zero-order valence-electron chi connectivity index (χ0n) is 11.3. The van der Waals surface area contributed by atoms with Gasteiger partial charge in [0.1, 0.15) is 0 Å². The van der Waals surface area contributed by atoms with E-state index in [0.29, 0.717) is 17.5 Å². The molecule has 0 bridgehead atoms. The number of hydrogen-bond acceptors (Lipinski definition) is 1. The lowest BCUT2D eigenvalue weighted by molar-refractivity contribution is -0.138. The molecule has 1 N–H and O–H groups in total. The van der Waals surface area contributed by atoms with Gasteiger partial charge in [0.2, 0.25) is 0 Å². The second-order valence-corrected chi connectivity index (χ2v) is 4.61. The van der Waals surface area contributed by atoms with Crippen LogP contribution < -0.4 is 0 Å². The van der Waals surface area contributed by atoms with E-state index in [1.807, 2.05) is 55.5 Å². The molecule has 0 fully saturated rings. The van der Waals surface area contributed by atoms with Crippen LogP contribution in [0, 0.1) is 12.3 Å². The number of carboxylic acids is 1. The molecule has 0 radical (unpaired) electrons. The summed E-state index contributed by atoms with van der Waals surface area (Å²) in [6.07, 6.45) is 6.07. The van der Waals surface area contributed by atoms with Gasteiger partial charge in [0.25, 0.3) is 0 Å². The number of benzene rings is 2. The Labute approximate surface area is 119 Å². The van der Waals surface area contributed by atoms with Gasteiger partial charge < -0.3 is 5.11 Å². The van der Waals surface area contributed by atoms with Crippen molar-refractivity contribution in [2.75, 3.05) is 0 Å². The molecule has 2 rings (SSSR count). The van der Waals surface area contributed by atoms with E-state index in [2.05, 4.69) is 5.92 Å². The maximum Gasteiger partial charge on any atom is 0.311 e. The molecule has 1 unspecified atom stereocenters. The van der Waals surface area contributed by atoms with E-state index < -0.39 is 11.9 Å². The van der Waals surface area contributed by atoms with E-state index in [1.54, 1.807) is 0 Å². The lowest BCUT2D eigenvalue weighted by Crippen LogP contribution is -2.12. The van der Waals surface area contributed by atoms with Crippen molar-refractivity contribution in [1.82, 2.24) is 0 Å². The van der Waals surface area contributed by atoms with Gasteiger partial charge in [-0.1, -0.05) is 55.3 Å². The average Bonchev–Trinajstić information content (AvgIpc) is 2.48. The third kappa shape index (κ3) is 2.73. The van der Waals surface area contributed by atoms with E-state index in [9.17, 15) is 9.90 Å². The average molecular weight is 264 g/mol. The quantitative estimate of drug-likeness (QED) is 0.850. The number of carboxylic acid groups (broad SMARTS) is 1. The third-order valence-corrected chi connectivity index (χ3v) is 3.40. The maximum atomic E-state index is 11.3. The molecule has 0 heterocycles. The predicted octanol–water partition coefficient (Wildman–Crippen LogP) is 3.91. The largest absolute Gasteiger partial charge is 0.481 e. The summed E-state index contributed by atoms with van der Waals surface area (Å²) in [5.41, 5.74) is 3.43. The first-order valence-corrected chi connectivity index (χ1v) is 6.56. The molecular weight excluding hydrogens is 248 g/mol. The summed E-state index contributed by atoms with van der Waals surface area (Å²) in [5.74, 6) is 1.23. The van der Waals surface area contributed by atoms with Crippen molar-refractivity contribution in [3.8, 4) is 23.5 Å². The maximum absolute atomic E-state index is 11.3. The van der Waals surface area contributed by atoms with Crippen molar-refractivity contribution in [2.24, 2.45) is 0 Å². The van der Waals surface area contributed by atoms with Gasteiger partial charge in [-0.05, 0) is 29.2 Å². The Balaban J connectivity index is 2.49. The van der Waals surface area contributed by atoms with Crippen LogP contribution in [-0.4, -0.2) is 11.1 Å². The molecule has 20 heavy (non-hydrogen) atoms. The van der Waals surface area contributed by atoms with Gasteiger partial charge in [0.15, 0.2) is 0 Å².